The Kier molecular flexibility index (Phi) is 4.11. The van der Waals surface area contributed by atoms with Gasteiger partial charge in [0.2, 0.25) is 0 Å². The van der Waals surface area contributed by atoms with E-state index in [0.29, 0.717) is 18.7 Å². The minimum Gasteiger partial charge on any atom is -0.379 e. The minimum atomic E-state index is -0.479. The van der Waals surface area contributed by atoms with Crippen LogP contribution in [0.3, 0.4) is 0 Å². The molecule has 0 spiro atoms. The first-order chi connectivity index (χ1) is 8.68. The number of nitrogens with one attached hydrogen (secondary N) is 1. The summed E-state index contributed by atoms with van der Waals surface area (Å²) >= 11 is 7.34. The number of nitrogens with zero attached hydrogens (tertiary/aromatic N) is 2. The van der Waals surface area contributed by atoms with Gasteiger partial charge in [-0.1, -0.05) is 17.7 Å². The molecule has 5 nitrogen and oxygen atoms in total. The zero-order chi connectivity index (χ0) is 13.0. The van der Waals surface area contributed by atoms with Crippen LogP contribution in [0.1, 0.15) is 5.69 Å². The molecule has 2 rings (SSSR count). The van der Waals surface area contributed by atoms with Crippen LogP contribution in [0.4, 0.5) is 11.4 Å². The second kappa shape index (κ2) is 5.79. The van der Waals surface area contributed by atoms with Gasteiger partial charge in [0.25, 0.3) is 0 Å². The minimum absolute atomic E-state index is 0.0857. The predicted octanol–water partition coefficient (Wildman–Crippen LogP) is 3.36. The van der Waals surface area contributed by atoms with E-state index in [1.807, 2.05) is 5.38 Å². The normalized spacial score (nSPS) is 10.3. The van der Waals surface area contributed by atoms with Crippen LogP contribution in [0, 0.1) is 10.1 Å². The van der Waals surface area contributed by atoms with Crippen molar-refractivity contribution < 1.29 is 4.92 Å². The largest absolute Gasteiger partial charge is 0.379 e. The maximum atomic E-state index is 10.9. The summed E-state index contributed by atoms with van der Waals surface area (Å²) in [6.45, 7) is 0.574. The topological polar surface area (TPSA) is 68.1 Å². The number of aromatic nitrogens is 1. The molecule has 0 radical (unpaired) electrons. The molecule has 0 aliphatic carbocycles. The number of para-hydroxylation sites is 1. The lowest BCUT2D eigenvalue weighted by atomic mass is 10.2. The molecule has 0 atom stereocenters. The van der Waals surface area contributed by atoms with Crippen molar-refractivity contribution >= 4 is 34.3 Å². The number of halogens is 1. The Balaban J connectivity index is 2.05. The number of anilines is 1. The standard InChI is InChI=1S/C11H10ClN3O2S/c12-9-2-1-3-10(11(9)15(16)17)13-5-4-8-6-18-7-14-8/h1-3,6-7,13H,4-5H2. The zero-order valence-corrected chi connectivity index (χ0v) is 10.9. The second-order valence-electron chi connectivity index (χ2n) is 3.55. The van der Waals surface area contributed by atoms with E-state index >= 15 is 0 Å². The molecular formula is C11H10ClN3O2S. The quantitative estimate of drug-likeness (QED) is 0.675. The maximum absolute atomic E-state index is 10.9. The van der Waals surface area contributed by atoms with Crippen LogP contribution >= 0.6 is 22.9 Å². The van der Waals surface area contributed by atoms with E-state index in [1.54, 1.807) is 17.6 Å². The molecule has 94 valence electrons. The highest BCUT2D eigenvalue weighted by Gasteiger charge is 2.17. The number of nitro benzene ring substituents is 1. The van der Waals surface area contributed by atoms with Crippen LogP contribution in [0.15, 0.2) is 29.1 Å². The van der Waals surface area contributed by atoms with Crippen LogP contribution < -0.4 is 5.32 Å². The van der Waals surface area contributed by atoms with E-state index in [4.69, 9.17) is 11.6 Å². The lowest BCUT2D eigenvalue weighted by Gasteiger charge is -2.06. The summed E-state index contributed by atoms with van der Waals surface area (Å²) in [7, 11) is 0. The van der Waals surface area contributed by atoms with Gasteiger partial charge in [0.05, 0.1) is 16.1 Å². The van der Waals surface area contributed by atoms with E-state index in [9.17, 15) is 10.1 Å². The Bertz CT molecular complexity index is 545. The van der Waals surface area contributed by atoms with Gasteiger partial charge in [-0.15, -0.1) is 11.3 Å². The predicted molar refractivity (Wildman–Crippen MR) is 72.4 cm³/mol. The Morgan fingerprint density at radius 1 is 1.50 bits per heavy atom. The summed E-state index contributed by atoms with van der Waals surface area (Å²) in [4.78, 5) is 14.6. The molecule has 0 unspecified atom stereocenters. The van der Waals surface area contributed by atoms with E-state index in [0.717, 1.165) is 5.69 Å². The molecule has 0 aliphatic rings. The number of benzene rings is 1. The summed E-state index contributed by atoms with van der Waals surface area (Å²) in [5.74, 6) is 0. The summed E-state index contributed by atoms with van der Waals surface area (Å²) in [5, 5.41) is 16.0. The van der Waals surface area contributed by atoms with Crippen molar-refractivity contribution in [2.75, 3.05) is 11.9 Å². The number of thiazole rings is 1. The maximum Gasteiger partial charge on any atom is 0.310 e. The molecule has 1 aromatic heterocycles. The molecule has 0 saturated heterocycles. The van der Waals surface area contributed by atoms with Gasteiger partial charge in [-0.2, -0.15) is 0 Å². The molecule has 0 saturated carbocycles. The highest BCUT2D eigenvalue weighted by Crippen LogP contribution is 2.32. The average Bonchev–Trinajstić information content (AvgIpc) is 2.81. The smallest absolute Gasteiger partial charge is 0.310 e. The van der Waals surface area contributed by atoms with Crippen LogP contribution in [0.5, 0.6) is 0 Å². The highest BCUT2D eigenvalue weighted by atomic mass is 35.5. The molecule has 1 aromatic carbocycles. The van der Waals surface area contributed by atoms with Gasteiger partial charge in [-0.25, -0.2) is 4.98 Å². The van der Waals surface area contributed by atoms with E-state index in [-0.39, 0.29) is 10.7 Å². The molecule has 7 heteroatoms. The monoisotopic (exact) mass is 283 g/mol. The van der Waals surface area contributed by atoms with Gasteiger partial charge in [-0.05, 0) is 12.1 Å². The summed E-state index contributed by atoms with van der Waals surface area (Å²) in [6, 6.07) is 4.83. The SMILES string of the molecule is O=[N+]([O-])c1c(Cl)cccc1NCCc1cscn1. The third-order valence-corrected chi connectivity index (χ3v) is 3.29. The number of hydrogen-bond acceptors (Lipinski definition) is 5. The van der Waals surface area contributed by atoms with Crippen LogP contribution in [0.2, 0.25) is 5.02 Å². The second-order valence-corrected chi connectivity index (χ2v) is 4.68. The van der Waals surface area contributed by atoms with Crippen molar-refractivity contribution in [2.24, 2.45) is 0 Å². The first kappa shape index (κ1) is 12.8. The highest BCUT2D eigenvalue weighted by molar-refractivity contribution is 7.07. The molecule has 2 aromatic rings. The first-order valence-corrected chi connectivity index (χ1v) is 6.54. The molecule has 1 heterocycles. The van der Waals surface area contributed by atoms with Crippen LogP contribution in [0.25, 0.3) is 0 Å². The van der Waals surface area contributed by atoms with E-state index < -0.39 is 4.92 Å². The van der Waals surface area contributed by atoms with Crippen molar-refractivity contribution in [3.8, 4) is 0 Å². The van der Waals surface area contributed by atoms with Crippen molar-refractivity contribution in [1.29, 1.82) is 0 Å². The molecule has 1 N–H and O–H groups in total. The van der Waals surface area contributed by atoms with Crippen molar-refractivity contribution in [2.45, 2.75) is 6.42 Å². The number of hydrogen-bond donors (Lipinski definition) is 1. The first-order valence-electron chi connectivity index (χ1n) is 5.22. The third kappa shape index (κ3) is 2.96. The fourth-order valence-corrected chi connectivity index (χ4v) is 2.37. The van der Waals surface area contributed by atoms with Gasteiger partial charge in [0.1, 0.15) is 10.7 Å². The summed E-state index contributed by atoms with van der Waals surface area (Å²) in [6.07, 6.45) is 0.715. The van der Waals surface area contributed by atoms with Crippen LogP contribution in [-0.2, 0) is 6.42 Å². The Morgan fingerprint density at radius 3 is 3.00 bits per heavy atom. The van der Waals surface area contributed by atoms with Gasteiger partial charge in [-0.3, -0.25) is 10.1 Å². The van der Waals surface area contributed by atoms with Crippen LogP contribution in [-0.4, -0.2) is 16.5 Å². The van der Waals surface area contributed by atoms with Gasteiger partial charge < -0.3 is 5.32 Å². The Labute approximate surface area is 113 Å². The molecule has 0 amide bonds. The van der Waals surface area contributed by atoms with E-state index in [2.05, 4.69) is 10.3 Å². The summed E-state index contributed by atoms with van der Waals surface area (Å²) < 4.78 is 0. The number of rotatable bonds is 5. The molecule has 0 fully saturated rings. The third-order valence-electron chi connectivity index (χ3n) is 2.35. The molecular weight excluding hydrogens is 274 g/mol. The van der Waals surface area contributed by atoms with E-state index in [1.165, 1.54) is 17.4 Å². The average molecular weight is 284 g/mol. The molecule has 0 bridgehead atoms. The summed E-state index contributed by atoms with van der Waals surface area (Å²) in [5.41, 5.74) is 3.08. The van der Waals surface area contributed by atoms with Crippen molar-refractivity contribution in [3.63, 3.8) is 0 Å². The Morgan fingerprint density at radius 2 is 2.33 bits per heavy atom. The van der Waals surface area contributed by atoms with Gasteiger partial charge in [0.15, 0.2) is 0 Å². The molecule has 0 aliphatic heterocycles. The van der Waals surface area contributed by atoms with Gasteiger partial charge >= 0.3 is 5.69 Å². The fraction of sp³-hybridized carbons (Fsp3) is 0.182. The lowest BCUT2D eigenvalue weighted by molar-refractivity contribution is -0.383. The lowest BCUT2D eigenvalue weighted by Crippen LogP contribution is -2.07. The molecule has 18 heavy (non-hydrogen) atoms. The Hall–Kier alpha value is -1.66. The zero-order valence-electron chi connectivity index (χ0n) is 9.30. The number of nitro groups is 1. The van der Waals surface area contributed by atoms with Crippen molar-refractivity contribution in [3.05, 3.63) is 49.9 Å². The van der Waals surface area contributed by atoms with Gasteiger partial charge in [0, 0.05) is 18.3 Å². The van der Waals surface area contributed by atoms with Crippen molar-refractivity contribution in [1.82, 2.24) is 4.98 Å². The fourth-order valence-electron chi connectivity index (χ4n) is 1.53.